The normalized spacial score (nSPS) is 25.4. The number of hydrogen-bond acceptors (Lipinski definition) is 3. The van der Waals surface area contributed by atoms with Crippen molar-refractivity contribution in [3.8, 4) is 0 Å². The first kappa shape index (κ1) is 13.3. The molecule has 0 spiro atoms. The van der Waals surface area contributed by atoms with E-state index in [1.807, 2.05) is 0 Å². The van der Waals surface area contributed by atoms with Crippen LogP contribution in [0.2, 0.25) is 0 Å². The predicted molar refractivity (Wildman–Crippen MR) is 70.3 cm³/mol. The second kappa shape index (κ2) is 8.06. The van der Waals surface area contributed by atoms with Gasteiger partial charge >= 0.3 is 0 Å². The molecule has 0 aliphatic heterocycles. The van der Waals surface area contributed by atoms with Gasteiger partial charge < -0.3 is 0 Å². The van der Waals surface area contributed by atoms with Gasteiger partial charge in [-0.05, 0) is 25.7 Å². The summed E-state index contributed by atoms with van der Waals surface area (Å²) in [6.45, 7) is 0. The van der Waals surface area contributed by atoms with Gasteiger partial charge in [0.05, 0.1) is 0 Å². The molecule has 3 heteroatoms. The Kier molecular flexibility index (Phi) is 6.32. The topological polar surface area (TPSA) is 33.3 Å². The van der Waals surface area contributed by atoms with Gasteiger partial charge in [0, 0.05) is 12.1 Å². The van der Waals surface area contributed by atoms with Crippen molar-refractivity contribution in [1.29, 1.82) is 0 Å². The fourth-order valence-corrected chi connectivity index (χ4v) is 3.00. The third-order valence-electron chi connectivity index (χ3n) is 4.16. The number of nitrogens with one attached hydrogen (secondary N) is 2. The molecular weight excluding hydrogens is 212 g/mol. The summed E-state index contributed by atoms with van der Waals surface area (Å²) in [4.78, 5) is 5.52. The van der Waals surface area contributed by atoms with Crippen LogP contribution in [0.15, 0.2) is 0 Å². The van der Waals surface area contributed by atoms with Crippen molar-refractivity contribution in [2.24, 2.45) is 0 Å². The van der Waals surface area contributed by atoms with Gasteiger partial charge in [-0.15, -0.1) is 0 Å². The fraction of sp³-hybridized carbons (Fsp3) is 1.00. The highest BCUT2D eigenvalue weighted by molar-refractivity contribution is 4.68. The maximum Gasteiger partial charge on any atom is 0.0341 e. The van der Waals surface area contributed by atoms with Crippen LogP contribution in [0.25, 0.3) is 0 Å². The predicted octanol–water partition coefficient (Wildman–Crippen LogP) is 3.46. The smallest absolute Gasteiger partial charge is 0.0341 e. The Morgan fingerprint density at radius 3 is 1.24 bits per heavy atom. The molecule has 2 aliphatic rings. The van der Waals surface area contributed by atoms with E-state index in [-0.39, 0.29) is 0 Å². The second-order valence-corrected chi connectivity index (χ2v) is 5.71. The summed E-state index contributed by atoms with van der Waals surface area (Å²) in [5.41, 5.74) is 6.44. The molecule has 0 radical (unpaired) electrons. The molecule has 0 atom stereocenters. The highest BCUT2D eigenvalue weighted by Gasteiger charge is 2.14. The number of hydrogen-bond donors (Lipinski definition) is 2. The molecule has 2 saturated carbocycles. The minimum atomic E-state index is 0.566. The lowest BCUT2D eigenvalue weighted by atomic mass is 10.1. The molecule has 2 N–H and O–H groups in total. The van der Waals surface area contributed by atoms with E-state index in [0.717, 1.165) is 0 Å². The molecule has 2 aliphatic carbocycles. The summed E-state index contributed by atoms with van der Waals surface area (Å²) >= 11 is 0. The molecule has 17 heavy (non-hydrogen) atoms. The molecule has 0 heterocycles. The van der Waals surface area contributed by atoms with Gasteiger partial charge in [-0.1, -0.05) is 51.4 Å². The van der Waals surface area contributed by atoms with Crippen LogP contribution in [-0.2, 0) is 4.94 Å². The second-order valence-electron chi connectivity index (χ2n) is 5.71. The van der Waals surface area contributed by atoms with Crippen LogP contribution in [-0.4, -0.2) is 12.1 Å². The summed E-state index contributed by atoms with van der Waals surface area (Å²) in [6.07, 6.45) is 16.1. The van der Waals surface area contributed by atoms with Crippen LogP contribution in [0.4, 0.5) is 0 Å². The molecule has 2 fully saturated rings. The SMILES string of the molecule is C1CCCC(NONC2CCCCCC2)CC1. The zero-order valence-corrected chi connectivity index (χ0v) is 11.0. The molecular formula is C14H28N2O. The third-order valence-corrected chi connectivity index (χ3v) is 4.16. The van der Waals surface area contributed by atoms with E-state index in [1.165, 1.54) is 77.0 Å². The lowest BCUT2D eigenvalue weighted by molar-refractivity contribution is -0.0777. The van der Waals surface area contributed by atoms with Crippen LogP contribution < -0.4 is 11.0 Å². The van der Waals surface area contributed by atoms with Crippen LogP contribution in [0.5, 0.6) is 0 Å². The lowest BCUT2D eigenvalue weighted by Gasteiger charge is -2.20. The first-order chi connectivity index (χ1) is 8.45. The Labute approximate surface area is 106 Å². The Balaban J connectivity index is 1.57. The molecule has 0 aromatic rings. The minimum Gasteiger partial charge on any atom is -0.214 e. The average molecular weight is 240 g/mol. The van der Waals surface area contributed by atoms with Gasteiger partial charge in [0.25, 0.3) is 0 Å². The third kappa shape index (κ3) is 5.36. The lowest BCUT2D eigenvalue weighted by Crippen LogP contribution is -2.39. The van der Waals surface area contributed by atoms with E-state index in [2.05, 4.69) is 11.0 Å². The molecule has 0 unspecified atom stereocenters. The Morgan fingerprint density at radius 2 is 0.882 bits per heavy atom. The largest absolute Gasteiger partial charge is 0.214 e. The van der Waals surface area contributed by atoms with Crippen molar-refractivity contribution < 1.29 is 4.94 Å². The van der Waals surface area contributed by atoms with Gasteiger partial charge in [-0.25, -0.2) is 4.94 Å². The first-order valence-corrected chi connectivity index (χ1v) is 7.62. The maximum atomic E-state index is 5.52. The van der Waals surface area contributed by atoms with Crippen molar-refractivity contribution in [2.45, 2.75) is 89.1 Å². The standard InChI is InChI=1S/C14H28N2O/c1-2-6-10-13(9-5-1)15-17-16-14-11-7-3-4-8-12-14/h13-16H,1-12H2. The number of rotatable bonds is 4. The van der Waals surface area contributed by atoms with E-state index in [1.54, 1.807) is 0 Å². The van der Waals surface area contributed by atoms with Gasteiger partial charge in [-0.2, -0.15) is 11.0 Å². The summed E-state index contributed by atoms with van der Waals surface area (Å²) in [6, 6.07) is 1.13. The Bertz CT molecular complexity index is 163. The van der Waals surface area contributed by atoms with Gasteiger partial charge in [0.1, 0.15) is 0 Å². The van der Waals surface area contributed by atoms with Crippen LogP contribution in [0, 0.1) is 0 Å². The van der Waals surface area contributed by atoms with Gasteiger partial charge in [-0.3, -0.25) is 0 Å². The van der Waals surface area contributed by atoms with Gasteiger partial charge in [0.2, 0.25) is 0 Å². The Morgan fingerprint density at radius 1 is 0.529 bits per heavy atom. The quantitative estimate of drug-likeness (QED) is 0.583. The van der Waals surface area contributed by atoms with Crippen molar-refractivity contribution in [2.75, 3.05) is 0 Å². The van der Waals surface area contributed by atoms with Gasteiger partial charge in [0.15, 0.2) is 0 Å². The van der Waals surface area contributed by atoms with Crippen molar-refractivity contribution in [3.63, 3.8) is 0 Å². The zero-order valence-electron chi connectivity index (χ0n) is 11.0. The van der Waals surface area contributed by atoms with Crippen molar-refractivity contribution >= 4 is 0 Å². The van der Waals surface area contributed by atoms with E-state index in [4.69, 9.17) is 4.94 Å². The summed E-state index contributed by atoms with van der Waals surface area (Å²) in [7, 11) is 0. The zero-order chi connectivity index (χ0) is 11.8. The van der Waals surface area contributed by atoms with E-state index < -0.39 is 0 Å². The molecule has 100 valence electrons. The molecule has 0 aromatic carbocycles. The van der Waals surface area contributed by atoms with E-state index in [9.17, 15) is 0 Å². The molecule has 0 amide bonds. The fourth-order valence-electron chi connectivity index (χ4n) is 3.00. The summed E-state index contributed by atoms with van der Waals surface area (Å²) in [5.74, 6) is 0. The average Bonchev–Trinajstić information content (AvgIpc) is 2.73. The summed E-state index contributed by atoms with van der Waals surface area (Å²) < 4.78 is 0. The highest BCUT2D eigenvalue weighted by atomic mass is 16.8. The molecule has 0 aromatic heterocycles. The van der Waals surface area contributed by atoms with E-state index >= 15 is 0 Å². The highest BCUT2D eigenvalue weighted by Crippen LogP contribution is 2.18. The Hall–Kier alpha value is -0.120. The molecule has 0 bridgehead atoms. The van der Waals surface area contributed by atoms with E-state index in [0.29, 0.717) is 12.1 Å². The van der Waals surface area contributed by atoms with Crippen molar-refractivity contribution in [1.82, 2.24) is 11.0 Å². The van der Waals surface area contributed by atoms with Crippen LogP contribution in [0.1, 0.15) is 77.0 Å². The molecule has 0 saturated heterocycles. The monoisotopic (exact) mass is 240 g/mol. The molecule has 3 nitrogen and oxygen atoms in total. The molecule has 2 rings (SSSR count). The summed E-state index contributed by atoms with van der Waals surface area (Å²) in [5, 5.41) is 0. The first-order valence-electron chi connectivity index (χ1n) is 7.62. The maximum absolute atomic E-state index is 5.52. The minimum absolute atomic E-state index is 0.566. The van der Waals surface area contributed by atoms with Crippen molar-refractivity contribution in [3.05, 3.63) is 0 Å². The van der Waals surface area contributed by atoms with Crippen LogP contribution in [0.3, 0.4) is 0 Å². The van der Waals surface area contributed by atoms with Crippen LogP contribution >= 0.6 is 0 Å². The number of hydroxylamine groups is 2.